The van der Waals surface area contributed by atoms with Gasteiger partial charge in [0.05, 0.1) is 13.2 Å². The number of nitrogens with zero attached hydrogens (tertiary/aromatic N) is 1. The number of ether oxygens (including phenoxy) is 1. The fraction of sp³-hybridized carbons (Fsp3) is 0.200. The van der Waals surface area contributed by atoms with Gasteiger partial charge < -0.3 is 14.6 Å². The lowest BCUT2D eigenvalue weighted by atomic mass is 10.1. The van der Waals surface area contributed by atoms with Crippen molar-refractivity contribution in [3.8, 4) is 17.1 Å². The molecule has 0 atom stereocenters. The van der Waals surface area contributed by atoms with Crippen molar-refractivity contribution in [1.82, 2.24) is 10.5 Å². The smallest absolute Gasteiger partial charge is 0.251 e. The highest BCUT2D eigenvalue weighted by Crippen LogP contribution is 2.20. The first kappa shape index (κ1) is 16.8. The van der Waals surface area contributed by atoms with Gasteiger partial charge in [-0.3, -0.25) is 4.79 Å². The predicted octanol–water partition coefficient (Wildman–Crippen LogP) is 3.98. The van der Waals surface area contributed by atoms with E-state index in [0.29, 0.717) is 30.2 Å². The second kappa shape index (κ2) is 7.66. The molecular weight excluding hydrogens is 316 g/mol. The Kier molecular flexibility index (Phi) is 5.14. The molecule has 0 unspecified atom stereocenters. The molecule has 1 amide bonds. The Morgan fingerprint density at radius 1 is 1.16 bits per heavy atom. The van der Waals surface area contributed by atoms with Crippen LogP contribution in [0.15, 0.2) is 59.1 Å². The summed E-state index contributed by atoms with van der Waals surface area (Å²) in [6, 6.07) is 16.9. The summed E-state index contributed by atoms with van der Waals surface area (Å²) in [6.07, 6.45) is 0. The molecule has 5 heteroatoms. The SMILES string of the molecule is CCOc1ccc(C(=O)NCc2cc(-c3ccccc3)on2)cc1C. The molecule has 1 heterocycles. The minimum atomic E-state index is -0.157. The Labute approximate surface area is 146 Å². The van der Waals surface area contributed by atoms with Gasteiger partial charge in [0, 0.05) is 17.2 Å². The first-order valence-corrected chi connectivity index (χ1v) is 8.20. The monoisotopic (exact) mass is 336 g/mol. The lowest BCUT2D eigenvalue weighted by Gasteiger charge is -2.09. The number of rotatable bonds is 6. The molecule has 3 rings (SSSR count). The molecule has 3 aromatic rings. The summed E-state index contributed by atoms with van der Waals surface area (Å²) in [4.78, 5) is 12.3. The molecule has 2 aromatic carbocycles. The number of hydrogen-bond acceptors (Lipinski definition) is 4. The normalized spacial score (nSPS) is 10.5. The highest BCUT2D eigenvalue weighted by Gasteiger charge is 2.11. The number of hydrogen-bond donors (Lipinski definition) is 1. The van der Waals surface area contributed by atoms with Crippen molar-refractivity contribution in [3.63, 3.8) is 0 Å². The molecule has 128 valence electrons. The average molecular weight is 336 g/mol. The predicted molar refractivity (Wildman–Crippen MR) is 95.5 cm³/mol. The summed E-state index contributed by atoms with van der Waals surface area (Å²) in [5.74, 6) is 1.32. The zero-order valence-electron chi connectivity index (χ0n) is 14.3. The van der Waals surface area contributed by atoms with E-state index in [0.717, 1.165) is 16.9 Å². The highest BCUT2D eigenvalue weighted by molar-refractivity contribution is 5.94. The first-order chi connectivity index (χ1) is 12.2. The van der Waals surface area contributed by atoms with Gasteiger partial charge >= 0.3 is 0 Å². The molecule has 0 aliphatic rings. The van der Waals surface area contributed by atoms with E-state index in [-0.39, 0.29) is 5.91 Å². The molecule has 0 aliphatic carbocycles. The third-order valence-electron chi connectivity index (χ3n) is 3.78. The van der Waals surface area contributed by atoms with Crippen LogP contribution < -0.4 is 10.1 Å². The van der Waals surface area contributed by atoms with Crippen LogP contribution in [-0.4, -0.2) is 17.7 Å². The lowest BCUT2D eigenvalue weighted by molar-refractivity contribution is 0.0950. The summed E-state index contributed by atoms with van der Waals surface area (Å²) in [7, 11) is 0. The van der Waals surface area contributed by atoms with Gasteiger partial charge in [-0.05, 0) is 37.6 Å². The van der Waals surface area contributed by atoms with Gasteiger partial charge in [-0.2, -0.15) is 0 Å². The number of amides is 1. The molecule has 25 heavy (non-hydrogen) atoms. The topological polar surface area (TPSA) is 64.4 Å². The molecule has 1 aromatic heterocycles. The standard InChI is InChI=1S/C20H20N2O3/c1-3-24-18-10-9-16(11-14(18)2)20(23)21-13-17-12-19(25-22-17)15-7-5-4-6-8-15/h4-12H,3,13H2,1-2H3,(H,21,23). The third-order valence-corrected chi connectivity index (χ3v) is 3.78. The minimum absolute atomic E-state index is 0.157. The van der Waals surface area contributed by atoms with Crippen molar-refractivity contribution in [2.45, 2.75) is 20.4 Å². The van der Waals surface area contributed by atoms with Gasteiger partial charge in [-0.25, -0.2) is 0 Å². The van der Waals surface area contributed by atoms with E-state index < -0.39 is 0 Å². The van der Waals surface area contributed by atoms with Crippen LogP contribution in [0.3, 0.4) is 0 Å². The second-order valence-corrected chi connectivity index (χ2v) is 5.64. The molecule has 0 spiro atoms. The van der Waals surface area contributed by atoms with Crippen LogP contribution in [0.4, 0.5) is 0 Å². The largest absolute Gasteiger partial charge is 0.494 e. The Bertz CT molecular complexity index is 856. The van der Waals surface area contributed by atoms with Gasteiger partial charge in [0.1, 0.15) is 11.4 Å². The number of aromatic nitrogens is 1. The van der Waals surface area contributed by atoms with Crippen molar-refractivity contribution in [1.29, 1.82) is 0 Å². The van der Waals surface area contributed by atoms with Crippen molar-refractivity contribution >= 4 is 5.91 Å². The number of benzene rings is 2. The van der Waals surface area contributed by atoms with E-state index in [2.05, 4.69) is 10.5 Å². The summed E-state index contributed by atoms with van der Waals surface area (Å²) >= 11 is 0. The molecule has 0 fully saturated rings. The van der Waals surface area contributed by atoms with Crippen molar-refractivity contribution in [2.24, 2.45) is 0 Å². The number of carbonyl (C=O) groups excluding carboxylic acids is 1. The van der Waals surface area contributed by atoms with Crippen LogP contribution >= 0.6 is 0 Å². The zero-order valence-corrected chi connectivity index (χ0v) is 14.3. The number of carbonyl (C=O) groups is 1. The van der Waals surface area contributed by atoms with Crippen LogP contribution in [0, 0.1) is 6.92 Å². The Balaban J connectivity index is 1.63. The molecule has 0 aliphatic heterocycles. The molecule has 1 N–H and O–H groups in total. The van der Waals surface area contributed by atoms with Crippen LogP contribution in [0.25, 0.3) is 11.3 Å². The third kappa shape index (κ3) is 4.07. The Morgan fingerprint density at radius 3 is 2.68 bits per heavy atom. The van der Waals surface area contributed by atoms with Crippen molar-refractivity contribution in [3.05, 3.63) is 71.4 Å². The Hall–Kier alpha value is -3.08. The summed E-state index contributed by atoms with van der Waals surface area (Å²) in [5.41, 5.74) is 3.15. The quantitative estimate of drug-likeness (QED) is 0.739. The van der Waals surface area contributed by atoms with Crippen molar-refractivity contribution in [2.75, 3.05) is 6.61 Å². The van der Waals surface area contributed by atoms with Crippen LogP contribution in [-0.2, 0) is 6.54 Å². The maximum absolute atomic E-state index is 12.3. The summed E-state index contributed by atoms with van der Waals surface area (Å²) < 4.78 is 10.8. The van der Waals surface area contributed by atoms with Gasteiger partial charge in [0.2, 0.25) is 0 Å². The first-order valence-electron chi connectivity index (χ1n) is 8.20. The average Bonchev–Trinajstić information content (AvgIpc) is 3.11. The van der Waals surface area contributed by atoms with E-state index in [1.54, 1.807) is 6.07 Å². The molecule has 0 saturated carbocycles. The minimum Gasteiger partial charge on any atom is -0.494 e. The van der Waals surface area contributed by atoms with Gasteiger partial charge in [-0.15, -0.1) is 0 Å². The van der Waals surface area contributed by atoms with Gasteiger partial charge in [0.25, 0.3) is 5.91 Å². The summed E-state index contributed by atoms with van der Waals surface area (Å²) in [6.45, 7) is 4.76. The fourth-order valence-electron chi connectivity index (χ4n) is 2.51. The van der Waals surface area contributed by atoms with E-state index in [1.165, 1.54) is 0 Å². The number of aryl methyl sites for hydroxylation is 1. The maximum atomic E-state index is 12.3. The fourth-order valence-corrected chi connectivity index (χ4v) is 2.51. The summed E-state index contributed by atoms with van der Waals surface area (Å²) in [5, 5.41) is 6.86. The van der Waals surface area contributed by atoms with Crippen LogP contribution in [0.1, 0.15) is 28.5 Å². The van der Waals surface area contributed by atoms with Crippen LogP contribution in [0.5, 0.6) is 5.75 Å². The molecular formula is C20H20N2O3. The number of nitrogens with one attached hydrogen (secondary N) is 1. The molecule has 5 nitrogen and oxygen atoms in total. The Morgan fingerprint density at radius 2 is 1.96 bits per heavy atom. The van der Waals surface area contributed by atoms with E-state index in [4.69, 9.17) is 9.26 Å². The van der Waals surface area contributed by atoms with Crippen LogP contribution in [0.2, 0.25) is 0 Å². The second-order valence-electron chi connectivity index (χ2n) is 5.64. The molecule has 0 saturated heterocycles. The van der Waals surface area contributed by atoms with E-state index in [9.17, 15) is 4.79 Å². The lowest BCUT2D eigenvalue weighted by Crippen LogP contribution is -2.23. The maximum Gasteiger partial charge on any atom is 0.251 e. The molecule has 0 bridgehead atoms. The highest BCUT2D eigenvalue weighted by atomic mass is 16.5. The molecule has 0 radical (unpaired) electrons. The van der Waals surface area contributed by atoms with E-state index >= 15 is 0 Å². The van der Waals surface area contributed by atoms with Gasteiger partial charge in [0.15, 0.2) is 5.76 Å². The zero-order chi connectivity index (χ0) is 17.6. The van der Waals surface area contributed by atoms with Crippen molar-refractivity contribution < 1.29 is 14.1 Å². The van der Waals surface area contributed by atoms with E-state index in [1.807, 2.05) is 62.4 Å². The van der Waals surface area contributed by atoms with Gasteiger partial charge in [-0.1, -0.05) is 35.5 Å².